The Morgan fingerprint density at radius 1 is 1.70 bits per heavy atom. The van der Waals surface area contributed by atoms with Crippen molar-refractivity contribution >= 4 is 11.7 Å². The molecule has 1 aliphatic rings. The molecule has 1 atom stereocenters. The highest BCUT2D eigenvalue weighted by atomic mass is 19.1. The molecule has 20 heavy (non-hydrogen) atoms. The van der Waals surface area contributed by atoms with Crippen LogP contribution in [0.25, 0.3) is 0 Å². The molecule has 1 unspecified atom stereocenters. The lowest BCUT2D eigenvalue weighted by molar-refractivity contribution is -0.0149. The summed E-state index contributed by atoms with van der Waals surface area (Å²) in [4.78, 5) is 15.7. The first-order valence-corrected chi connectivity index (χ1v) is 6.14. The summed E-state index contributed by atoms with van der Waals surface area (Å²) in [5.74, 6) is 3.60. The number of nitrogens with zero attached hydrogens (tertiary/aromatic N) is 1. The van der Waals surface area contributed by atoms with E-state index in [0.29, 0.717) is 19.6 Å². The fraction of sp³-hybridized carbons (Fsp3) is 0.500. The predicted molar refractivity (Wildman–Crippen MR) is 69.5 cm³/mol. The number of hydrogen-bond donors (Lipinski definition) is 3. The number of carbonyl (C=O) groups is 1. The molecule has 0 saturated carbocycles. The highest BCUT2D eigenvalue weighted by Crippen LogP contribution is 2.22. The molecule has 7 nitrogen and oxygen atoms in total. The molecule has 1 amide bonds. The first-order chi connectivity index (χ1) is 9.62. The van der Waals surface area contributed by atoms with Crippen LogP contribution >= 0.6 is 0 Å². The van der Waals surface area contributed by atoms with Gasteiger partial charge in [0.15, 0.2) is 11.6 Å². The van der Waals surface area contributed by atoms with Crippen LogP contribution in [0.15, 0.2) is 12.3 Å². The molecule has 1 aromatic rings. The summed E-state index contributed by atoms with van der Waals surface area (Å²) < 4.78 is 24.5. The zero-order valence-electron chi connectivity index (χ0n) is 11.1. The molecule has 2 heterocycles. The number of pyridine rings is 1. The number of anilines is 1. The van der Waals surface area contributed by atoms with Crippen molar-refractivity contribution in [1.82, 2.24) is 10.3 Å². The van der Waals surface area contributed by atoms with E-state index in [4.69, 9.17) is 15.3 Å². The van der Waals surface area contributed by atoms with Gasteiger partial charge in [-0.15, -0.1) is 0 Å². The molecule has 110 valence electrons. The molecule has 1 fully saturated rings. The molecule has 0 spiro atoms. The average molecular weight is 284 g/mol. The van der Waals surface area contributed by atoms with E-state index < -0.39 is 17.3 Å². The largest absolute Gasteiger partial charge is 0.378 e. The summed E-state index contributed by atoms with van der Waals surface area (Å²) in [6.45, 7) is 1.22. The van der Waals surface area contributed by atoms with Crippen LogP contribution in [0.5, 0.6) is 0 Å². The van der Waals surface area contributed by atoms with E-state index in [1.165, 1.54) is 12.3 Å². The Bertz CT molecular complexity index is 492. The molecule has 4 N–H and O–H groups in total. The standard InChI is InChI=1S/C12H17FN4O3/c1-19-12(3-5-20-7-12)6-16-11(18)8-2-4-15-10(17-14)9(8)13/h2,4H,3,5-7,14H2,1H3,(H,15,17)(H,16,18). The minimum atomic E-state index is -0.790. The fourth-order valence-electron chi connectivity index (χ4n) is 2.02. The number of hydrazine groups is 1. The van der Waals surface area contributed by atoms with Crippen molar-refractivity contribution in [2.45, 2.75) is 12.0 Å². The van der Waals surface area contributed by atoms with Gasteiger partial charge in [-0.25, -0.2) is 15.2 Å². The van der Waals surface area contributed by atoms with Crippen LogP contribution in [0.3, 0.4) is 0 Å². The number of ether oxygens (including phenoxy) is 2. The number of carbonyl (C=O) groups excluding carboxylic acids is 1. The van der Waals surface area contributed by atoms with Gasteiger partial charge in [0.05, 0.1) is 12.2 Å². The normalized spacial score (nSPS) is 21.8. The third-order valence-electron chi connectivity index (χ3n) is 3.34. The Balaban J connectivity index is 2.05. The number of nitrogen functional groups attached to an aromatic ring is 1. The lowest BCUT2D eigenvalue weighted by atomic mass is 10.0. The molecule has 2 rings (SSSR count). The summed E-state index contributed by atoms with van der Waals surface area (Å²) in [6.07, 6.45) is 1.98. The van der Waals surface area contributed by atoms with Gasteiger partial charge in [0, 0.05) is 32.9 Å². The number of nitrogens with two attached hydrogens (primary N) is 1. The molecule has 0 radical (unpaired) electrons. The van der Waals surface area contributed by atoms with E-state index in [-0.39, 0.29) is 17.9 Å². The van der Waals surface area contributed by atoms with E-state index in [0.717, 1.165) is 0 Å². The van der Waals surface area contributed by atoms with Crippen molar-refractivity contribution in [2.24, 2.45) is 5.84 Å². The minimum absolute atomic E-state index is 0.127. The molecule has 0 aliphatic carbocycles. The Kier molecular flexibility index (Phi) is 4.48. The van der Waals surface area contributed by atoms with Crippen LogP contribution in [0.4, 0.5) is 10.2 Å². The van der Waals surface area contributed by atoms with E-state index >= 15 is 0 Å². The van der Waals surface area contributed by atoms with Gasteiger partial charge in [-0.2, -0.15) is 0 Å². The smallest absolute Gasteiger partial charge is 0.254 e. The SMILES string of the molecule is COC1(CNC(=O)c2ccnc(NN)c2F)CCOC1. The van der Waals surface area contributed by atoms with Gasteiger partial charge in [-0.05, 0) is 6.07 Å². The highest BCUT2D eigenvalue weighted by molar-refractivity contribution is 5.95. The van der Waals surface area contributed by atoms with Crippen molar-refractivity contribution in [3.8, 4) is 0 Å². The number of amides is 1. The average Bonchev–Trinajstić information content (AvgIpc) is 2.94. The zero-order valence-corrected chi connectivity index (χ0v) is 11.1. The second-order valence-electron chi connectivity index (χ2n) is 4.54. The van der Waals surface area contributed by atoms with Gasteiger partial charge in [0.2, 0.25) is 0 Å². The first-order valence-electron chi connectivity index (χ1n) is 6.14. The van der Waals surface area contributed by atoms with E-state index in [2.05, 4.69) is 15.7 Å². The topological polar surface area (TPSA) is 98.5 Å². The van der Waals surface area contributed by atoms with Crippen LogP contribution in [-0.2, 0) is 9.47 Å². The minimum Gasteiger partial charge on any atom is -0.378 e. The zero-order chi connectivity index (χ0) is 14.6. The lowest BCUT2D eigenvalue weighted by Crippen LogP contribution is -2.45. The Hall–Kier alpha value is -1.77. The summed E-state index contributed by atoms with van der Waals surface area (Å²) in [6, 6.07) is 1.29. The Labute approximate surface area is 115 Å². The summed E-state index contributed by atoms with van der Waals surface area (Å²) >= 11 is 0. The van der Waals surface area contributed by atoms with Crippen LogP contribution in [0.2, 0.25) is 0 Å². The number of rotatable bonds is 5. The molecule has 1 aromatic heterocycles. The van der Waals surface area contributed by atoms with E-state index in [9.17, 15) is 9.18 Å². The maximum absolute atomic E-state index is 13.9. The van der Waals surface area contributed by atoms with Crippen molar-refractivity contribution in [1.29, 1.82) is 0 Å². The molecule has 1 aliphatic heterocycles. The third-order valence-corrected chi connectivity index (χ3v) is 3.34. The maximum Gasteiger partial charge on any atom is 0.254 e. The number of nitrogens with one attached hydrogen (secondary N) is 2. The Morgan fingerprint density at radius 3 is 3.10 bits per heavy atom. The first kappa shape index (κ1) is 14.6. The second kappa shape index (κ2) is 6.12. The van der Waals surface area contributed by atoms with Crippen LogP contribution < -0.4 is 16.6 Å². The van der Waals surface area contributed by atoms with Crippen molar-refractivity contribution < 1.29 is 18.7 Å². The second-order valence-corrected chi connectivity index (χ2v) is 4.54. The number of aromatic nitrogens is 1. The third kappa shape index (κ3) is 2.87. The van der Waals surface area contributed by atoms with Crippen LogP contribution in [-0.4, -0.2) is 43.4 Å². The van der Waals surface area contributed by atoms with Gasteiger partial charge in [-0.1, -0.05) is 0 Å². The number of halogens is 1. The van der Waals surface area contributed by atoms with Crippen LogP contribution in [0.1, 0.15) is 16.8 Å². The van der Waals surface area contributed by atoms with Gasteiger partial charge in [-0.3, -0.25) is 4.79 Å². The van der Waals surface area contributed by atoms with Crippen molar-refractivity contribution in [3.63, 3.8) is 0 Å². The van der Waals surface area contributed by atoms with Crippen molar-refractivity contribution in [2.75, 3.05) is 32.3 Å². The van der Waals surface area contributed by atoms with Gasteiger partial charge in [0.25, 0.3) is 5.91 Å². The molecule has 1 saturated heterocycles. The van der Waals surface area contributed by atoms with E-state index in [1.807, 2.05) is 0 Å². The van der Waals surface area contributed by atoms with Crippen molar-refractivity contribution in [3.05, 3.63) is 23.6 Å². The highest BCUT2D eigenvalue weighted by Gasteiger charge is 2.35. The maximum atomic E-state index is 13.9. The molecular weight excluding hydrogens is 267 g/mol. The summed E-state index contributed by atoms with van der Waals surface area (Å²) in [5, 5.41) is 2.64. The van der Waals surface area contributed by atoms with Gasteiger partial charge >= 0.3 is 0 Å². The number of hydrogen-bond acceptors (Lipinski definition) is 6. The molecule has 0 bridgehead atoms. The summed E-state index contributed by atoms with van der Waals surface area (Å²) in [7, 11) is 1.56. The van der Waals surface area contributed by atoms with Gasteiger partial charge < -0.3 is 20.2 Å². The number of methoxy groups -OCH3 is 1. The molecule has 8 heteroatoms. The predicted octanol–water partition coefficient (Wildman–Crippen LogP) is 0.0416. The molecule has 0 aromatic carbocycles. The van der Waals surface area contributed by atoms with E-state index in [1.54, 1.807) is 7.11 Å². The van der Waals surface area contributed by atoms with Crippen LogP contribution in [0, 0.1) is 5.82 Å². The lowest BCUT2D eigenvalue weighted by Gasteiger charge is -2.25. The van der Waals surface area contributed by atoms with Gasteiger partial charge in [0.1, 0.15) is 5.60 Å². The monoisotopic (exact) mass is 284 g/mol. The fourth-order valence-corrected chi connectivity index (χ4v) is 2.02. The quantitative estimate of drug-likeness (QED) is 0.522. The molecular formula is C12H17FN4O3. The Morgan fingerprint density at radius 2 is 2.50 bits per heavy atom. The summed E-state index contributed by atoms with van der Waals surface area (Å²) in [5.41, 5.74) is 1.42.